The highest BCUT2D eigenvalue weighted by molar-refractivity contribution is 6.00. The topological polar surface area (TPSA) is 105 Å². The van der Waals surface area contributed by atoms with Gasteiger partial charge in [0.1, 0.15) is 0 Å². The first kappa shape index (κ1) is 31.8. The Morgan fingerprint density at radius 3 is 2.34 bits per heavy atom. The van der Waals surface area contributed by atoms with Gasteiger partial charge in [0.15, 0.2) is 0 Å². The molecule has 2 atom stereocenters. The minimum Gasteiger partial charge on any atom is -0.389 e. The molecule has 3 fully saturated rings. The zero-order valence-electron chi connectivity index (χ0n) is 26.2. The summed E-state index contributed by atoms with van der Waals surface area (Å²) in [5.74, 6) is -0.212. The number of carbonyl (C=O) groups is 3. The molecule has 9 heteroatoms. The lowest BCUT2D eigenvalue weighted by molar-refractivity contribution is -0.119. The molecule has 9 nitrogen and oxygen atoms in total. The second-order valence-electron chi connectivity index (χ2n) is 12.6. The maximum atomic E-state index is 13.9. The van der Waals surface area contributed by atoms with Crippen LogP contribution in [0, 0.1) is 0 Å². The van der Waals surface area contributed by atoms with Gasteiger partial charge in [0.25, 0.3) is 5.91 Å². The third-order valence-corrected chi connectivity index (χ3v) is 9.36. The number of amides is 4. The first-order valence-corrected chi connectivity index (χ1v) is 16.7. The summed E-state index contributed by atoms with van der Waals surface area (Å²) in [5.41, 5.74) is 3.15. The summed E-state index contributed by atoms with van der Waals surface area (Å²) >= 11 is 0. The van der Waals surface area contributed by atoms with Crippen molar-refractivity contribution >= 4 is 29.2 Å². The summed E-state index contributed by atoms with van der Waals surface area (Å²) in [5, 5.41) is 17.8. The van der Waals surface area contributed by atoms with Crippen LogP contribution >= 0.6 is 0 Å². The maximum Gasteiger partial charge on any atom is 0.317 e. The average Bonchev–Trinajstić information content (AvgIpc) is 3.59. The molecule has 2 aromatic rings. The number of aliphatic hydroxyl groups is 1. The Morgan fingerprint density at radius 2 is 1.64 bits per heavy atom. The van der Waals surface area contributed by atoms with E-state index in [4.69, 9.17) is 0 Å². The highest BCUT2D eigenvalue weighted by Gasteiger charge is 2.29. The summed E-state index contributed by atoms with van der Waals surface area (Å²) < 4.78 is 0. The Morgan fingerprint density at radius 1 is 0.932 bits per heavy atom. The molecule has 2 heterocycles. The molecule has 0 aromatic heterocycles. The monoisotopic (exact) mass is 603 g/mol. The maximum absolute atomic E-state index is 13.9. The van der Waals surface area contributed by atoms with Crippen LogP contribution in [0.15, 0.2) is 48.5 Å². The minimum absolute atomic E-state index is 0.0877. The third kappa shape index (κ3) is 8.31. The molecule has 0 radical (unpaired) electrons. The van der Waals surface area contributed by atoms with E-state index in [9.17, 15) is 19.5 Å². The lowest BCUT2D eigenvalue weighted by Gasteiger charge is -2.32. The van der Waals surface area contributed by atoms with Gasteiger partial charge in [0.2, 0.25) is 5.91 Å². The molecule has 3 N–H and O–H groups in total. The van der Waals surface area contributed by atoms with Crippen LogP contribution in [-0.2, 0) is 11.2 Å². The zero-order valence-corrected chi connectivity index (χ0v) is 26.2. The van der Waals surface area contributed by atoms with Gasteiger partial charge in [-0.05, 0) is 75.6 Å². The largest absolute Gasteiger partial charge is 0.389 e. The molecule has 3 aliphatic rings. The third-order valence-electron chi connectivity index (χ3n) is 9.36. The Bertz CT molecular complexity index is 1260. The van der Waals surface area contributed by atoms with Crippen molar-refractivity contribution in [3.8, 4) is 0 Å². The molecule has 0 unspecified atom stereocenters. The summed E-state index contributed by atoms with van der Waals surface area (Å²) in [6.45, 7) is 4.95. The number of rotatable bonds is 11. The Labute approximate surface area is 262 Å². The van der Waals surface area contributed by atoms with Crippen LogP contribution in [0.4, 0.5) is 16.2 Å². The Hall–Kier alpha value is -3.59. The van der Waals surface area contributed by atoms with Crippen LogP contribution in [0.25, 0.3) is 0 Å². The van der Waals surface area contributed by atoms with Gasteiger partial charge in [0.05, 0.1) is 18.7 Å². The number of urea groups is 1. The number of anilines is 2. The smallest absolute Gasteiger partial charge is 0.317 e. The van der Waals surface area contributed by atoms with Gasteiger partial charge in [-0.3, -0.25) is 9.59 Å². The summed E-state index contributed by atoms with van der Waals surface area (Å²) in [7, 11) is 0. The number of likely N-dealkylation sites (N-methyl/N-ethyl adjacent to an activating group) is 1. The van der Waals surface area contributed by atoms with Crippen LogP contribution < -0.4 is 20.4 Å². The SMILES string of the molecule is CCN(C[C@H](O)[C@H](Cc1ccccc1)NC(=O)c1cc(N2CCCC2)cc(N2CCCCC2=O)c1)C(=O)NC1CCCCC1. The van der Waals surface area contributed by atoms with Crippen molar-refractivity contribution in [1.29, 1.82) is 0 Å². The quantitative estimate of drug-likeness (QED) is 0.340. The van der Waals surface area contributed by atoms with E-state index in [-0.39, 0.29) is 30.4 Å². The van der Waals surface area contributed by atoms with Gasteiger partial charge >= 0.3 is 6.03 Å². The number of hydrogen-bond acceptors (Lipinski definition) is 5. The molecule has 1 saturated carbocycles. The van der Waals surface area contributed by atoms with Gasteiger partial charge in [-0.1, -0.05) is 49.6 Å². The number of nitrogens with zero attached hydrogens (tertiary/aromatic N) is 3. The second kappa shape index (κ2) is 15.4. The van der Waals surface area contributed by atoms with Crippen LogP contribution in [0.5, 0.6) is 0 Å². The summed E-state index contributed by atoms with van der Waals surface area (Å²) in [6.07, 6.45) is 9.40. The molecule has 2 aromatic carbocycles. The van der Waals surface area contributed by atoms with Gasteiger partial charge in [-0.2, -0.15) is 0 Å². The van der Waals surface area contributed by atoms with Crippen LogP contribution in [0.1, 0.15) is 87.1 Å². The highest BCUT2D eigenvalue weighted by Crippen LogP contribution is 2.30. The highest BCUT2D eigenvalue weighted by atomic mass is 16.3. The van der Waals surface area contributed by atoms with Gasteiger partial charge in [0, 0.05) is 55.6 Å². The average molecular weight is 604 g/mol. The fourth-order valence-electron chi connectivity index (χ4n) is 6.74. The van der Waals surface area contributed by atoms with Crippen molar-refractivity contribution in [2.45, 2.75) is 95.7 Å². The molecule has 2 saturated heterocycles. The van der Waals surface area contributed by atoms with Crippen LogP contribution in [0.3, 0.4) is 0 Å². The van der Waals surface area contributed by atoms with Crippen LogP contribution in [0.2, 0.25) is 0 Å². The number of piperidine rings is 1. The molecule has 0 bridgehead atoms. The molecule has 0 spiro atoms. The molecular formula is C35H49N5O4. The first-order valence-electron chi connectivity index (χ1n) is 16.7. The van der Waals surface area contributed by atoms with E-state index in [2.05, 4.69) is 15.5 Å². The van der Waals surface area contributed by atoms with E-state index in [0.29, 0.717) is 31.5 Å². The zero-order chi connectivity index (χ0) is 30.9. The van der Waals surface area contributed by atoms with E-state index < -0.39 is 12.1 Å². The van der Waals surface area contributed by atoms with Crippen molar-refractivity contribution in [1.82, 2.24) is 15.5 Å². The number of nitrogens with one attached hydrogen (secondary N) is 2. The normalized spacial score (nSPS) is 19.0. The second-order valence-corrected chi connectivity index (χ2v) is 12.6. The molecule has 2 aliphatic heterocycles. The van der Waals surface area contributed by atoms with Crippen LogP contribution in [-0.4, -0.2) is 78.8 Å². The standard InChI is InChI=1S/C35H49N5O4/c1-2-38(35(44)36-28-15-7-4-8-16-28)25-32(41)31(21-26-13-5-3-6-14-26)37-34(43)27-22-29(39-18-11-12-19-39)24-30(23-27)40-20-10-9-17-33(40)42/h3,5-6,13-14,22-24,28,31-32,41H,2,4,7-12,15-21,25H2,1H3,(H,36,44)(H,37,43)/t31-,32-/m0/s1. The van der Waals surface area contributed by atoms with E-state index in [1.807, 2.05) is 49.4 Å². The fourth-order valence-corrected chi connectivity index (χ4v) is 6.74. The van der Waals surface area contributed by atoms with E-state index in [0.717, 1.165) is 81.4 Å². The number of hydrogen-bond donors (Lipinski definition) is 3. The lowest BCUT2D eigenvalue weighted by atomic mass is 9.96. The van der Waals surface area contributed by atoms with E-state index in [1.54, 1.807) is 15.9 Å². The van der Waals surface area contributed by atoms with Crippen molar-refractivity contribution in [2.75, 3.05) is 42.5 Å². The fraction of sp³-hybridized carbons (Fsp3) is 0.571. The summed E-state index contributed by atoms with van der Waals surface area (Å²) in [6, 6.07) is 14.9. The number of carbonyl (C=O) groups excluding carboxylic acids is 3. The van der Waals surface area contributed by atoms with Gasteiger partial charge < -0.3 is 30.4 Å². The summed E-state index contributed by atoms with van der Waals surface area (Å²) in [4.78, 5) is 45.7. The number of aliphatic hydroxyl groups excluding tert-OH is 1. The molecule has 1 aliphatic carbocycles. The lowest BCUT2D eigenvalue weighted by Crippen LogP contribution is -2.53. The van der Waals surface area contributed by atoms with Crippen molar-refractivity contribution < 1.29 is 19.5 Å². The molecule has 5 rings (SSSR count). The predicted molar refractivity (Wildman–Crippen MR) is 174 cm³/mol. The van der Waals surface area contributed by atoms with Gasteiger partial charge in [-0.25, -0.2) is 4.79 Å². The Kier molecular flexibility index (Phi) is 11.2. The van der Waals surface area contributed by atoms with E-state index >= 15 is 0 Å². The Balaban J connectivity index is 1.36. The molecule has 44 heavy (non-hydrogen) atoms. The number of benzene rings is 2. The van der Waals surface area contributed by atoms with Gasteiger partial charge in [-0.15, -0.1) is 0 Å². The molecule has 4 amide bonds. The first-order chi connectivity index (χ1) is 21.4. The molecule has 238 valence electrons. The van der Waals surface area contributed by atoms with Crippen molar-refractivity contribution in [3.05, 3.63) is 59.7 Å². The van der Waals surface area contributed by atoms with E-state index in [1.165, 1.54) is 6.42 Å². The van der Waals surface area contributed by atoms with Crippen molar-refractivity contribution in [2.24, 2.45) is 0 Å². The molecular weight excluding hydrogens is 554 g/mol. The minimum atomic E-state index is -0.985. The van der Waals surface area contributed by atoms with Crippen molar-refractivity contribution in [3.63, 3.8) is 0 Å². The predicted octanol–water partition coefficient (Wildman–Crippen LogP) is 4.87.